The number of nitrogens with zero attached hydrogens (tertiary/aromatic N) is 7. The first-order valence-electron chi connectivity index (χ1n) is 7.20. The molecule has 0 aliphatic carbocycles. The first-order chi connectivity index (χ1) is 11.0. The summed E-state index contributed by atoms with van der Waals surface area (Å²) in [4.78, 5) is 12.5. The summed E-state index contributed by atoms with van der Waals surface area (Å²) < 4.78 is 0. The largest absolute Gasteiger partial charge is 0.383 e. The van der Waals surface area contributed by atoms with Crippen molar-refractivity contribution in [2.45, 2.75) is 32.4 Å². The van der Waals surface area contributed by atoms with Crippen LogP contribution in [0.1, 0.15) is 48.3 Å². The highest BCUT2D eigenvalue weighted by atomic mass is 15.6. The molecule has 0 aromatic carbocycles. The fraction of sp³-hybridized carbons (Fsp3) is 0.357. The van der Waals surface area contributed by atoms with E-state index in [4.69, 9.17) is 11.5 Å². The van der Waals surface area contributed by atoms with Gasteiger partial charge in [0, 0.05) is 24.4 Å². The molecule has 4 N–H and O–H groups in total. The van der Waals surface area contributed by atoms with Crippen LogP contribution in [-0.2, 0) is 6.42 Å². The van der Waals surface area contributed by atoms with Crippen molar-refractivity contribution in [1.29, 1.82) is 0 Å². The van der Waals surface area contributed by atoms with Crippen LogP contribution >= 0.6 is 0 Å². The van der Waals surface area contributed by atoms with Gasteiger partial charge in [-0.25, -0.2) is 4.98 Å². The number of hydrogen-bond acceptors (Lipinski definition) is 9. The molecule has 3 rings (SSSR count). The molecule has 9 nitrogen and oxygen atoms in total. The average molecular weight is 311 g/mol. The Morgan fingerprint density at radius 2 is 1.78 bits per heavy atom. The van der Waals surface area contributed by atoms with Crippen molar-refractivity contribution in [1.82, 2.24) is 15.0 Å². The fourth-order valence-electron chi connectivity index (χ4n) is 2.40. The van der Waals surface area contributed by atoms with Crippen LogP contribution in [0.4, 0.5) is 11.8 Å². The molecule has 0 radical (unpaired) electrons. The quantitative estimate of drug-likeness (QED) is 0.892. The molecular formula is C14H17N9. The summed E-state index contributed by atoms with van der Waals surface area (Å²) in [6.07, 6.45) is 3.59. The molecule has 1 aliphatic rings. The first kappa shape index (κ1) is 14.9. The fourth-order valence-corrected chi connectivity index (χ4v) is 2.40. The lowest BCUT2D eigenvalue weighted by atomic mass is 9.94. The molecule has 0 saturated carbocycles. The lowest BCUT2D eigenvalue weighted by Crippen LogP contribution is -2.07. The van der Waals surface area contributed by atoms with Gasteiger partial charge in [-0.15, -0.1) is 10.2 Å². The maximum atomic E-state index is 5.94. The second kappa shape index (κ2) is 6.03. The van der Waals surface area contributed by atoms with Crippen molar-refractivity contribution in [3.05, 3.63) is 40.8 Å². The average Bonchev–Trinajstić information content (AvgIpc) is 3.04. The highest BCUT2D eigenvalue weighted by molar-refractivity contribution is 5.45. The second-order valence-corrected chi connectivity index (χ2v) is 5.56. The van der Waals surface area contributed by atoms with E-state index in [9.17, 15) is 0 Å². The molecule has 0 bridgehead atoms. The zero-order valence-electron chi connectivity index (χ0n) is 12.9. The van der Waals surface area contributed by atoms with Gasteiger partial charge < -0.3 is 11.5 Å². The number of pyridine rings is 1. The molecule has 0 amide bonds. The third-order valence-corrected chi connectivity index (χ3v) is 3.59. The number of hydrogen-bond donors (Lipinski definition) is 2. The van der Waals surface area contributed by atoms with Crippen molar-refractivity contribution in [2.75, 3.05) is 11.5 Å². The summed E-state index contributed by atoms with van der Waals surface area (Å²) in [7, 11) is 0. The Morgan fingerprint density at radius 3 is 2.43 bits per heavy atom. The third-order valence-electron chi connectivity index (χ3n) is 3.59. The summed E-state index contributed by atoms with van der Waals surface area (Å²) in [6, 6.07) is 1.96. The molecule has 0 unspecified atom stereocenters. The van der Waals surface area contributed by atoms with Gasteiger partial charge in [0.1, 0.15) is 5.82 Å². The Balaban J connectivity index is 1.99. The highest BCUT2D eigenvalue weighted by Gasteiger charge is 2.18. The van der Waals surface area contributed by atoms with E-state index in [2.05, 4.69) is 49.5 Å². The Kier molecular flexibility index (Phi) is 3.92. The van der Waals surface area contributed by atoms with Gasteiger partial charge in [0.25, 0.3) is 0 Å². The zero-order valence-corrected chi connectivity index (χ0v) is 12.9. The molecule has 23 heavy (non-hydrogen) atoms. The summed E-state index contributed by atoms with van der Waals surface area (Å²) in [5, 5.41) is 14.9. The minimum absolute atomic E-state index is 0.164. The minimum Gasteiger partial charge on any atom is -0.383 e. The van der Waals surface area contributed by atoms with E-state index < -0.39 is 6.17 Å². The van der Waals surface area contributed by atoms with Crippen molar-refractivity contribution < 1.29 is 0 Å². The van der Waals surface area contributed by atoms with Gasteiger partial charge in [-0.3, -0.25) is 4.98 Å². The summed E-state index contributed by atoms with van der Waals surface area (Å²) in [6.45, 7) is 4.22. The van der Waals surface area contributed by atoms with Crippen LogP contribution in [0, 0.1) is 0 Å². The van der Waals surface area contributed by atoms with E-state index in [1.807, 2.05) is 12.3 Å². The van der Waals surface area contributed by atoms with E-state index in [0.29, 0.717) is 23.9 Å². The summed E-state index contributed by atoms with van der Waals surface area (Å²) in [5.41, 5.74) is 15.2. The molecule has 118 valence electrons. The summed E-state index contributed by atoms with van der Waals surface area (Å²) in [5.74, 6) is 0.859. The van der Waals surface area contributed by atoms with Gasteiger partial charge in [0.05, 0.1) is 5.69 Å². The highest BCUT2D eigenvalue weighted by Crippen LogP contribution is 2.28. The predicted octanol–water partition coefficient (Wildman–Crippen LogP) is 2.58. The number of nitrogen functional groups attached to an aromatic ring is 2. The molecule has 0 spiro atoms. The number of nitrogens with two attached hydrogens (primary N) is 2. The first-order valence-corrected chi connectivity index (χ1v) is 7.20. The van der Waals surface area contributed by atoms with Crippen LogP contribution < -0.4 is 11.5 Å². The molecule has 9 heteroatoms. The Morgan fingerprint density at radius 1 is 1.04 bits per heavy atom. The molecule has 0 saturated heterocycles. The van der Waals surface area contributed by atoms with E-state index in [1.54, 1.807) is 6.20 Å². The lowest BCUT2D eigenvalue weighted by molar-refractivity contribution is 0.724. The van der Waals surface area contributed by atoms with Gasteiger partial charge >= 0.3 is 0 Å². The number of rotatable bonds is 4. The predicted molar refractivity (Wildman–Crippen MR) is 84.4 cm³/mol. The van der Waals surface area contributed by atoms with Crippen LogP contribution in [0.2, 0.25) is 0 Å². The van der Waals surface area contributed by atoms with E-state index in [1.165, 1.54) is 0 Å². The maximum absolute atomic E-state index is 5.94. The molecule has 0 atom stereocenters. The van der Waals surface area contributed by atoms with Crippen molar-refractivity contribution >= 4 is 11.8 Å². The van der Waals surface area contributed by atoms with Crippen LogP contribution in [0.5, 0.6) is 0 Å². The third kappa shape index (κ3) is 3.12. The van der Waals surface area contributed by atoms with Gasteiger partial charge in [-0.05, 0) is 33.6 Å². The number of anilines is 2. The maximum Gasteiger partial charge on any atom is 0.227 e. The number of aromatic nitrogens is 3. The van der Waals surface area contributed by atoms with Crippen molar-refractivity contribution in [2.24, 2.45) is 20.7 Å². The Hall–Kier alpha value is -2.97. The van der Waals surface area contributed by atoms with E-state index in [0.717, 1.165) is 16.7 Å². The van der Waals surface area contributed by atoms with Crippen LogP contribution in [-0.4, -0.2) is 15.0 Å². The van der Waals surface area contributed by atoms with Crippen molar-refractivity contribution in [3.63, 3.8) is 0 Å². The van der Waals surface area contributed by atoms with Crippen LogP contribution in [0.15, 0.2) is 39.1 Å². The molecule has 2 aromatic rings. The van der Waals surface area contributed by atoms with Crippen molar-refractivity contribution in [3.8, 4) is 0 Å². The zero-order chi connectivity index (χ0) is 16.4. The normalized spacial score (nSPS) is 14.0. The second-order valence-electron chi connectivity index (χ2n) is 5.56. The Bertz CT molecular complexity index is 770. The lowest BCUT2D eigenvalue weighted by Gasteiger charge is -2.15. The van der Waals surface area contributed by atoms with E-state index >= 15 is 0 Å². The van der Waals surface area contributed by atoms with E-state index in [-0.39, 0.29) is 5.95 Å². The van der Waals surface area contributed by atoms with Gasteiger partial charge in [0.15, 0.2) is 0 Å². The molecule has 1 aliphatic heterocycles. The standard InChI is InChI=1S/C14H17N9/c1-7(2)10-6-17-11(13-20-22-23-21-13)4-8(10)3-9-5-18-14(16)19-12(9)15/h4-7,13H,3H2,1-2H3,(H4,15,16,18,19). The van der Waals surface area contributed by atoms with Gasteiger partial charge in [-0.1, -0.05) is 13.8 Å². The van der Waals surface area contributed by atoms with Gasteiger partial charge in [-0.2, -0.15) is 4.98 Å². The van der Waals surface area contributed by atoms with Crippen LogP contribution in [0.3, 0.4) is 0 Å². The van der Waals surface area contributed by atoms with Gasteiger partial charge in [0.2, 0.25) is 12.1 Å². The Labute approximate surface area is 133 Å². The van der Waals surface area contributed by atoms with Crippen LogP contribution in [0.25, 0.3) is 0 Å². The SMILES string of the molecule is CC(C)c1cnc(C2N=NN=N2)cc1Cc1cnc(N)nc1N. The topological polar surface area (TPSA) is 140 Å². The molecular weight excluding hydrogens is 294 g/mol. The smallest absolute Gasteiger partial charge is 0.227 e. The molecule has 0 fully saturated rings. The summed E-state index contributed by atoms with van der Waals surface area (Å²) >= 11 is 0. The minimum atomic E-state index is -0.477. The molecule has 2 aromatic heterocycles. The monoisotopic (exact) mass is 311 g/mol. The molecule has 3 heterocycles.